The van der Waals surface area contributed by atoms with Gasteiger partial charge in [0.05, 0.1) is 6.07 Å². The molecule has 0 radical (unpaired) electrons. The van der Waals surface area contributed by atoms with E-state index in [1.165, 1.54) is 25.7 Å². The maximum atomic E-state index is 9.12. The highest BCUT2D eigenvalue weighted by molar-refractivity contribution is 5.04. The Hall–Kier alpha value is -0.550. The van der Waals surface area contributed by atoms with Crippen LogP contribution < -0.4 is 5.32 Å². The standard InChI is InChI=1S/C13H26N2/c1-5-6-7-8-9-10-13(4,11-14)15-12(2)3/h12,15H,5-10H2,1-4H3. The van der Waals surface area contributed by atoms with Gasteiger partial charge in [-0.3, -0.25) is 5.32 Å². The van der Waals surface area contributed by atoms with Crippen LogP contribution in [-0.2, 0) is 0 Å². The molecule has 0 saturated heterocycles. The van der Waals surface area contributed by atoms with Gasteiger partial charge in [-0.25, -0.2) is 0 Å². The molecule has 2 nitrogen and oxygen atoms in total. The lowest BCUT2D eigenvalue weighted by Gasteiger charge is -2.25. The van der Waals surface area contributed by atoms with Gasteiger partial charge in [-0.05, 0) is 27.2 Å². The van der Waals surface area contributed by atoms with Crippen LogP contribution in [-0.4, -0.2) is 11.6 Å². The minimum Gasteiger partial charge on any atom is -0.297 e. The molecule has 1 N–H and O–H groups in total. The first-order valence-electron chi connectivity index (χ1n) is 6.23. The van der Waals surface area contributed by atoms with Gasteiger partial charge in [-0.1, -0.05) is 39.0 Å². The summed E-state index contributed by atoms with van der Waals surface area (Å²) >= 11 is 0. The largest absolute Gasteiger partial charge is 0.297 e. The lowest BCUT2D eigenvalue weighted by molar-refractivity contribution is 0.367. The van der Waals surface area contributed by atoms with Crippen molar-refractivity contribution in [3.63, 3.8) is 0 Å². The van der Waals surface area contributed by atoms with Crippen molar-refractivity contribution < 1.29 is 0 Å². The summed E-state index contributed by atoms with van der Waals surface area (Å²) in [5, 5.41) is 12.5. The van der Waals surface area contributed by atoms with Gasteiger partial charge in [-0.2, -0.15) is 5.26 Å². The minimum atomic E-state index is -0.333. The van der Waals surface area contributed by atoms with Crippen molar-refractivity contribution in [2.45, 2.75) is 77.8 Å². The number of nitrogens with one attached hydrogen (secondary N) is 1. The smallest absolute Gasteiger partial charge is 0.104 e. The molecule has 0 spiro atoms. The molecule has 0 saturated carbocycles. The van der Waals surface area contributed by atoms with Crippen LogP contribution in [0.25, 0.3) is 0 Å². The van der Waals surface area contributed by atoms with E-state index in [1.54, 1.807) is 0 Å². The normalized spacial score (nSPS) is 14.9. The van der Waals surface area contributed by atoms with Gasteiger partial charge in [-0.15, -0.1) is 0 Å². The lowest BCUT2D eigenvalue weighted by atomic mass is 9.94. The van der Waals surface area contributed by atoms with Crippen molar-refractivity contribution in [2.24, 2.45) is 0 Å². The van der Waals surface area contributed by atoms with E-state index in [1.807, 2.05) is 6.92 Å². The van der Waals surface area contributed by atoms with Crippen LogP contribution in [0.5, 0.6) is 0 Å². The maximum Gasteiger partial charge on any atom is 0.104 e. The van der Waals surface area contributed by atoms with Crippen LogP contribution in [0.15, 0.2) is 0 Å². The number of rotatable bonds is 8. The Bertz CT molecular complexity index is 193. The molecule has 0 heterocycles. The zero-order chi connectivity index (χ0) is 11.7. The van der Waals surface area contributed by atoms with Crippen molar-refractivity contribution >= 4 is 0 Å². The molecule has 15 heavy (non-hydrogen) atoms. The molecule has 0 fully saturated rings. The van der Waals surface area contributed by atoms with Crippen molar-refractivity contribution in [1.82, 2.24) is 5.32 Å². The third-order valence-electron chi connectivity index (χ3n) is 2.63. The lowest BCUT2D eigenvalue weighted by Crippen LogP contribution is -2.44. The molecule has 88 valence electrons. The topological polar surface area (TPSA) is 35.8 Å². The summed E-state index contributed by atoms with van der Waals surface area (Å²) in [5.74, 6) is 0. The van der Waals surface area contributed by atoms with E-state index in [0.29, 0.717) is 6.04 Å². The SMILES string of the molecule is CCCCCCCC(C)(C#N)NC(C)C. The monoisotopic (exact) mass is 210 g/mol. The molecule has 0 amide bonds. The highest BCUT2D eigenvalue weighted by Crippen LogP contribution is 2.15. The fourth-order valence-electron chi connectivity index (χ4n) is 1.88. The van der Waals surface area contributed by atoms with Crippen LogP contribution in [0.3, 0.4) is 0 Å². The third kappa shape index (κ3) is 7.39. The number of unbranched alkanes of at least 4 members (excludes halogenated alkanes) is 4. The summed E-state index contributed by atoms with van der Waals surface area (Å²) in [6.45, 7) is 8.41. The predicted octanol–water partition coefficient (Wildman–Crippen LogP) is 3.63. The van der Waals surface area contributed by atoms with Gasteiger partial charge < -0.3 is 0 Å². The second-order valence-electron chi connectivity index (χ2n) is 4.91. The molecule has 0 rings (SSSR count). The molecule has 0 aliphatic carbocycles. The van der Waals surface area contributed by atoms with E-state index in [2.05, 4.69) is 32.2 Å². The Kier molecular flexibility index (Phi) is 7.42. The summed E-state index contributed by atoms with van der Waals surface area (Å²) in [6, 6.07) is 2.77. The predicted molar refractivity (Wildman–Crippen MR) is 65.7 cm³/mol. The quantitative estimate of drug-likeness (QED) is 0.621. The molecule has 2 heteroatoms. The third-order valence-corrected chi connectivity index (χ3v) is 2.63. The van der Waals surface area contributed by atoms with Gasteiger partial charge in [0.2, 0.25) is 0 Å². The second-order valence-corrected chi connectivity index (χ2v) is 4.91. The highest BCUT2D eigenvalue weighted by atomic mass is 15.0. The first-order valence-corrected chi connectivity index (χ1v) is 6.23. The summed E-state index contributed by atoms with van der Waals surface area (Å²) < 4.78 is 0. The van der Waals surface area contributed by atoms with E-state index in [-0.39, 0.29) is 5.54 Å². The molecule has 1 unspecified atom stereocenters. The van der Waals surface area contributed by atoms with E-state index in [4.69, 9.17) is 5.26 Å². The van der Waals surface area contributed by atoms with Crippen LogP contribution in [0.4, 0.5) is 0 Å². The average molecular weight is 210 g/mol. The zero-order valence-electron chi connectivity index (χ0n) is 10.8. The second kappa shape index (κ2) is 7.70. The highest BCUT2D eigenvalue weighted by Gasteiger charge is 2.23. The van der Waals surface area contributed by atoms with Crippen LogP contribution >= 0.6 is 0 Å². The fraction of sp³-hybridized carbons (Fsp3) is 0.923. The van der Waals surface area contributed by atoms with Crippen LogP contribution in [0, 0.1) is 11.3 Å². The average Bonchev–Trinajstić information content (AvgIpc) is 2.16. The van der Waals surface area contributed by atoms with Gasteiger partial charge in [0, 0.05) is 6.04 Å². The van der Waals surface area contributed by atoms with Crippen molar-refractivity contribution in [3.8, 4) is 6.07 Å². The van der Waals surface area contributed by atoms with E-state index in [0.717, 1.165) is 12.8 Å². The van der Waals surface area contributed by atoms with Gasteiger partial charge in [0.25, 0.3) is 0 Å². The Balaban J connectivity index is 3.74. The molecule has 0 bridgehead atoms. The number of nitrogens with zero attached hydrogens (tertiary/aromatic N) is 1. The number of nitriles is 1. The molecule has 1 atom stereocenters. The minimum absolute atomic E-state index is 0.333. The Morgan fingerprint density at radius 3 is 2.27 bits per heavy atom. The van der Waals surface area contributed by atoms with Gasteiger partial charge in [0.15, 0.2) is 0 Å². The molecule has 0 aromatic rings. The van der Waals surface area contributed by atoms with Gasteiger partial charge >= 0.3 is 0 Å². The number of hydrogen-bond donors (Lipinski definition) is 1. The summed E-state index contributed by atoms with van der Waals surface area (Å²) in [4.78, 5) is 0. The summed E-state index contributed by atoms with van der Waals surface area (Å²) in [6.07, 6.45) is 7.28. The molecular weight excluding hydrogens is 184 g/mol. The summed E-state index contributed by atoms with van der Waals surface area (Å²) in [7, 11) is 0. The zero-order valence-corrected chi connectivity index (χ0v) is 10.8. The van der Waals surface area contributed by atoms with E-state index < -0.39 is 0 Å². The van der Waals surface area contributed by atoms with Crippen molar-refractivity contribution in [1.29, 1.82) is 5.26 Å². The Morgan fingerprint density at radius 2 is 1.80 bits per heavy atom. The van der Waals surface area contributed by atoms with Crippen LogP contribution in [0.1, 0.15) is 66.2 Å². The van der Waals surface area contributed by atoms with Gasteiger partial charge in [0.1, 0.15) is 5.54 Å². The van der Waals surface area contributed by atoms with E-state index >= 15 is 0 Å². The molecule has 0 aromatic heterocycles. The van der Waals surface area contributed by atoms with Crippen molar-refractivity contribution in [2.75, 3.05) is 0 Å². The molecule has 0 aromatic carbocycles. The molecule has 0 aliphatic heterocycles. The fourth-order valence-corrected chi connectivity index (χ4v) is 1.88. The maximum absolute atomic E-state index is 9.12. The number of hydrogen-bond acceptors (Lipinski definition) is 2. The first kappa shape index (κ1) is 14.5. The Labute approximate surface area is 95.1 Å². The molecule has 0 aliphatic rings. The van der Waals surface area contributed by atoms with Crippen LogP contribution in [0.2, 0.25) is 0 Å². The summed E-state index contributed by atoms with van der Waals surface area (Å²) in [5.41, 5.74) is -0.333. The van der Waals surface area contributed by atoms with E-state index in [9.17, 15) is 0 Å². The first-order chi connectivity index (χ1) is 7.04. The van der Waals surface area contributed by atoms with Crippen molar-refractivity contribution in [3.05, 3.63) is 0 Å². The molecular formula is C13H26N2. The Morgan fingerprint density at radius 1 is 1.20 bits per heavy atom.